The first-order valence-electron chi connectivity index (χ1n) is 4.97. The highest BCUT2D eigenvalue weighted by molar-refractivity contribution is 5.72. The van der Waals surface area contributed by atoms with Crippen molar-refractivity contribution in [2.75, 3.05) is 13.6 Å². The summed E-state index contributed by atoms with van der Waals surface area (Å²) in [6.45, 7) is 0.871. The number of rotatable bonds is 2. The zero-order valence-electron chi connectivity index (χ0n) is 8.38. The molecule has 2 N–H and O–H groups in total. The lowest BCUT2D eigenvalue weighted by Gasteiger charge is -2.17. The van der Waals surface area contributed by atoms with E-state index in [-0.39, 0.29) is 0 Å². The molecule has 1 aliphatic carbocycles. The van der Waals surface area contributed by atoms with Crippen LogP contribution in [0.15, 0.2) is 24.3 Å². The average Bonchev–Trinajstić information content (AvgIpc) is 2.19. The zero-order chi connectivity index (χ0) is 9.97. The van der Waals surface area contributed by atoms with Crippen molar-refractivity contribution in [1.29, 1.82) is 0 Å². The van der Waals surface area contributed by atoms with E-state index in [0.29, 0.717) is 5.75 Å². The van der Waals surface area contributed by atoms with Gasteiger partial charge < -0.3 is 10.4 Å². The summed E-state index contributed by atoms with van der Waals surface area (Å²) in [6, 6.07) is 5.64. The minimum atomic E-state index is 0.354. The van der Waals surface area contributed by atoms with Crippen LogP contribution in [-0.2, 0) is 6.42 Å². The van der Waals surface area contributed by atoms with Crippen LogP contribution in [0.4, 0.5) is 0 Å². The van der Waals surface area contributed by atoms with Crippen LogP contribution in [0.1, 0.15) is 17.5 Å². The van der Waals surface area contributed by atoms with Gasteiger partial charge in [0, 0.05) is 6.54 Å². The van der Waals surface area contributed by atoms with Crippen molar-refractivity contribution in [2.24, 2.45) is 0 Å². The fraction of sp³-hybridized carbons (Fsp3) is 0.333. The summed E-state index contributed by atoms with van der Waals surface area (Å²) in [7, 11) is 1.94. The highest BCUT2D eigenvalue weighted by Crippen LogP contribution is 2.28. The molecule has 2 heteroatoms. The summed E-state index contributed by atoms with van der Waals surface area (Å²) in [6.07, 6.45) is 4.44. The quantitative estimate of drug-likeness (QED) is 0.745. The molecule has 0 heterocycles. The Hall–Kier alpha value is -1.28. The van der Waals surface area contributed by atoms with Gasteiger partial charge in [0.1, 0.15) is 5.75 Å². The molecular weight excluding hydrogens is 174 g/mol. The van der Waals surface area contributed by atoms with Gasteiger partial charge in [0.15, 0.2) is 0 Å². The molecule has 2 nitrogen and oxygen atoms in total. The van der Waals surface area contributed by atoms with Crippen LogP contribution in [0.25, 0.3) is 5.57 Å². The number of aryl methyl sites for hydroxylation is 1. The molecule has 0 saturated heterocycles. The van der Waals surface area contributed by atoms with E-state index in [1.807, 2.05) is 19.2 Å². The largest absolute Gasteiger partial charge is 0.508 e. The maximum absolute atomic E-state index is 9.43. The van der Waals surface area contributed by atoms with E-state index in [1.165, 1.54) is 16.7 Å². The van der Waals surface area contributed by atoms with Gasteiger partial charge in [-0.1, -0.05) is 12.1 Å². The Morgan fingerprint density at radius 3 is 3.07 bits per heavy atom. The van der Waals surface area contributed by atoms with Crippen molar-refractivity contribution in [3.8, 4) is 5.75 Å². The molecule has 0 bridgehead atoms. The Kier molecular flexibility index (Phi) is 2.55. The van der Waals surface area contributed by atoms with Crippen molar-refractivity contribution in [1.82, 2.24) is 5.32 Å². The van der Waals surface area contributed by atoms with Crippen molar-refractivity contribution in [3.05, 3.63) is 35.4 Å². The number of phenols is 1. The Morgan fingerprint density at radius 2 is 2.29 bits per heavy atom. The number of nitrogens with one attached hydrogen (secondary N) is 1. The fourth-order valence-corrected chi connectivity index (χ4v) is 1.95. The second kappa shape index (κ2) is 3.84. The van der Waals surface area contributed by atoms with E-state index < -0.39 is 0 Å². The fourth-order valence-electron chi connectivity index (χ4n) is 1.95. The first kappa shape index (κ1) is 9.28. The molecule has 0 saturated carbocycles. The van der Waals surface area contributed by atoms with Crippen molar-refractivity contribution in [3.63, 3.8) is 0 Å². The second-order valence-electron chi connectivity index (χ2n) is 3.64. The molecule has 1 aromatic carbocycles. The van der Waals surface area contributed by atoms with Gasteiger partial charge in [-0.25, -0.2) is 0 Å². The number of likely N-dealkylation sites (N-methyl/N-ethyl adjacent to an activating group) is 1. The second-order valence-corrected chi connectivity index (χ2v) is 3.64. The van der Waals surface area contributed by atoms with E-state index in [2.05, 4.69) is 11.4 Å². The number of benzene rings is 1. The molecule has 14 heavy (non-hydrogen) atoms. The molecule has 1 aliphatic rings. The van der Waals surface area contributed by atoms with E-state index in [4.69, 9.17) is 0 Å². The third-order valence-electron chi connectivity index (χ3n) is 2.61. The molecule has 0 atom stereocenters. The van der Waals surface area contributed by atoms with E-state index in [9.17, 15) is 5.11 Å². The van der Waals surface area contributed by atoms with Crippen molar-refractivity contribution < 1.29 is 5.11 Å². The van der Waals surface area contributed by atoms with Crippen LogP contribution in [0.3, 0.4) is 0 Å². The first-order valence-corrected chi connectivity index (χ1v) is 4.97. The van der Waals surface area contributed by atoms with Gasteiger partial charge in [-0.05, 0) is 48.7 Å². The van der Waals surface area contributed by atoms with Crippen molar-refractivity contribution in [2.45, 2.75) is 12.8 Å². The first-order chi connectivity index (χ1) is 6.81. The molecule has 0 unspecified atom stereocenters. The Morgan fingerprint density at radius 1 is 1.43 bits per heavy atom. The maximum atomic E-state index is 9.43. The number of fused-ring (bicyclic) bond motifs is 1. The monoisotopic (exact) mass is 189 g/mol. The Bertz CT molecular complexity index is 369. The number of phenolic OH excluding ortho intramolecular Hbond substituents is 1. The average molecular weight is 189 g/mol. The van der Waals surface area contributed by atoms with E-state index in [1.54, 1.807) is 6.07 Å². The standard InChI is InChI=1S/C12H15NO/c1-13-8-10-4-2-3-9-5-6-11(14)7-12(9)10/h4-7,13-14H,2-3,8H2,1H3. The summed E-state index contributed by atoms with van der Waals surface area (Å²) in [4.78, 5) is 0. The highest BCUT2D eigenvalue weighted by atomic mass is 16.3. The summed E-state index contributed by atoms with van der Waals surface area (Å²) >= 11 is 0. The molecule has 1 aromatic rings. The lowest BCUT2D eigenvalue weighted by atomic mass is 9.90. The molecule has 2 rings (SSSR count). The zero-order valence-corrected chi connectivity index (χ0v) is 8.38. The minimum Gasteiger partial charge on any atom is -0.508 e. The maximum Gasteiger partial charge on any atom is 0.116 e. The summed E-state index contributed by atoms with van der Waals surface area (Å²) in [5.74, 6) is 0.354. The number of aromatic hydroxyl groups is 1. The van der Waals surface area contributed by atoms with Crippen LogP contribution in [0.2, 0.25) is 0 Å². The Balaban J connectivity index is 2.40. The predicted octanol–water partition coefficient (Wildman–Crippen LogP) is 1.94. The van der Waals surface area contributed by atoms with Gasteiger partial charge in [-0.3, -0.25) is 0 Å². The van der Waals surface area contributed by atoms with Gasteiger partial charge in [0.25, 0.3) is 0 Å². The third-order valence-corrected chi connectivity index (χ3v) is 2.61. The molecule has 0 spiro atoms. The van der Waals surface area contributed by atoms with Crippen LogP contribution in [0.5, 0.6) is 5.75 Å². The van der Waals surface area contributed by atoms with Crippen molar-refractivity contribution >= 4 is 5.57 Å². The van der Waals surface area contributed by atoms with E-state index >= 15 is 0 Å². The summed E-state index contributed by atoms with van der Waals surface area (Å²) < 4.78 is 0. The highest BCUT2D eigenvalue weighted by Gasteiger charge is 2.11. The Labute approximate surface area is 84.3 Å². The lowest BCUT2D eigenvalue weighted by Crippen LogP contribution is -2.12. The number of allylic oxidation sites excluding steroid dienone is 1. The van der Waals surface area contributed by atoms with Crippen LogP contribution >= 0.6 is 0 Å². The van der Waals surface area contributed by atoms with Crippen LogP contribution in [0, 0.1) is 0 Å². The number of hydrogen-bond acceptors (Lipinski definition) is 2. The SMILES string of the molecule is CNCC1=CCCc2ccc(O)cc21. The van der Waals surface area contributed by atoms with Gasteiger partial charge >= 0.3 is 0 Å². The molecule has 0 radical (unpaired) electrons. The molecular formula is C12H15NO. The van der Waals surface area contributed by atoms with Gasteiger partial charge in [0.2, 0.25) is 0 Å². The topological polar surface area (TPSA) is 32.3 Å². The smallest absolute Gasteiger partial charge is 0.116 e. The molecule has 0 aliphatic heterocycles. The predicted molar refractivity (Wildman–Crippen MR) is 58.3 cm³/mol. The molecule has 0 aromatic heterocycles. The summed E-state index contributed by atoms with van der Waals surface area (Å²) in [5, 5.41) is 12.6. The van der Waals surface area contributed by atoms with Gasteiger partial charge in [-0.2, -0.15) is 0 Å². The number of hydrogen-bond donors (Lipinski definition) is 2. The molecule has 0 amide bonds. The molecule has 0 fully saturated rings. The summed E-state index contributed by atoms with van der Waals surface area (Å²) in [5.41, 5.74) is 3.84. The van der Waals surface area contributed by atoms with Gasteiger partial charge in [0.05, 0.1) is 0 Å². The van der Waals surface area contributed by atoms with Crippen LogP contribution < -0.4 is 5.32 Å². The normalized spacial score (nSPS) is 14.8. The van der Waals surface area contributed by atoms with E-state index in [0.717, 1.165) is 19.4 Å². The van der Waals surface area contributed by atoms with Gasteiger partial charge in [-0.15, -0.1) is 0 Å². The third kappa shape index (κ3) is 1.66. The lowest BCUT2D eigenvalue weighted by molar-refractivity contribution is 0.475. The molecule has 74 valence electrons. The van der Waals surface area contributed by atoms with Crippen LogP contribution in [-0.4, -0.2) is 18.7 Å². The minimum absolute atomic E-state index is 0.354.